The normalized spacial score (nSPS) is 11.7. The van der Waals surface area contributed by atoms with Crippen LogP contribution in [0.4, 0.5) is 13.2 Å². The van der Waals surface area contributed by atoms with Crippen molar-refractivity contribution in [3.8, 4) is 57.4 Å². The van der Waals surface area contributed by atoms with E-state index in [9.17, 15) is 23.7 Å². The number of nitrogens with zero attached hydrogens (tertiary/aromatic N) is 8. The van der Waals surface area contributed by atoms with Gasteiger partial charge >= 0.3 is 6.18 Å². The molecule has 0 amide bonds. The Morgan fingerprint density at radius 3 is 1.47 bits per heavy atom. The lowest BCUT2D eigenvalue weighted by Crippen LogP contribution is -2.07. The van der Waals surface area contributed by atoms with Crippen molar-refractivity contribution in [2.45, 2.75) is 6.18 Å². The van der Waals surface area contributed by atoms with Crippen LogP contribution in [-0.4, -0.2) is 29.1 Å². The van der Waals surface area contributed by atoms with Crippen LogP contribution in [0.3, 0.4) is 0 Å². The Labute approximate surface area is 328 Å². The summed E-state index contributed by atoms with van der Waals surface area (Å²) in [5.41, 5.74) is 5.46. The number of nitriles is 2. The maximum absolute atomic E-state index is 14.3. The van der Waals surface area contributed by atoms with E-state index in [0.717, 1.165) is 66.9 Å². The van der Waals surface area contributed by atoms with E-state index < -0.39 is 11.7 Å². The SMILES string of the molecule is N#Cc1cc(-c2cc(-n3c4ccccc4c4cc(-c5ncccn5)ccc43)c(-n3c4ccccc4c4cc(-c5ncccn5)ccc43)cc2C#N)cc(C(F)(F)F)c1. The average molecular weight is 759 g/mol. The fourth-order valence-corrected chi connectivity index (χ4v) is 7.92. The van der Waals surface area contributed by atoms with Crippen molar-refractivity contribution in [1.82, 2.24) is 29.1 Å². The Morgan fingerprint density at radius 1 is 0.466 bits per heavy atom. The van der Waals surface area contributed by atoms with E-state index in [1.165, 1.54) is 6.07 Å². The molecular formula is C47H25F3N8. The van der Waals surface area contributed by atoms with Crippen molar-refractivity contribution in [3.63, 3.8) is 0 Å². The van der Waals surface area contributed by atoms with Gasteiger partial charge in [-0.05, 0) is 96.6 Å². The monoisotopic (exact) mass is 758 g/mol. The van der Waals surface area contributed by atoms with Crippen molar-refractivity contribution in [2.75, 3.05) is 0 Å². The molecule has 0 aliphatic rings. The Hall–Kier alpha value is -8.15. The molecule has 6 aromatic carbocycles. The van der Waals surface area contributed by atoms with E-state index in [0.29, 0.717) is 23.0 Å². The van der Waals surface area contributed by atoms with Crippen molar-refractivity contribution >= 4 is 43.6 Å². The highest BCUT2D eigenvalue weighted by Crippen LogP contribution is 2.43. The second-order valence-corrected chi connectivity index (χ2v) is 13.7. The zero-order valence-corrected chi connectivity index (χ0v) is 30.1. The van der Waals surface area contributed by atoms with Crippen LogP contribution in [-0.2, 0) is 6.18 Å². The van der Waals surface area contributed by atoms with Crippen molar-refractivity contribution in [3.05, 3.63) is 169 Å². The number of halogens is 3. The van der Waals surface area contributed by atoms with Crippen LogP contribution in [0.25, 0.3) is 88.9 Å². The van der Waals surface area contributed by atoms with Gasteiger partial charge in [-0.15, -0.1) is 0 Å². The summed E-state index contributed by atoms with van der Waals surface area (Å²) in [5.74, 6) is 1.13. The minimum Gasteiger partial charge on any atom is -0.307 e. The number of alkyl halides is 3. The number of fused-ring (bicyclic) bond motifs is 6. The summed E-state index contributed by atoms with van der Waals surface area (Å²) in [4.78, 5) is 17.9. The average Bonchev–Trinajstić information content (AvgIpc) is 3.78. The molecule has 0 radical (unpaired) electrons. The second kappa shape index (κ2) is 13.3. The smallest absolute Gasteiger partial charge is 0.307 e. The summed E-state index contributed by atoms with van der Waals surface area (Å²) in [6.07, 6.45) is 2.04. The Balaban J connectivity index is 1.33. The van der Waals surface area contributed by atoms with Crippen LogP contribution in [0.1, 0.15) is 16.7 Å². The number of benzene rings is 6. The van der Waals surface area contributed by atoms with Crippen LogP contribution in [0, 0.1) is 22.7 Å². The molecule has 8 nitrogen and oxygen atoms in total. The summed E-state index contributed by atoms with van der Waals surface area (Å²) in [6, 6.07) is 42.1. The maximum atomic E-state index is 14.3. The topological polar surface area (TPSA) is 109 Å². The molecule has 0 fully saturated rings. The first kappa shape index (κ1) is 34.3. The molecule has 0 N–H and O–H groups in total. The minimum absolute atomic E-state index is 0.0923. The number of hydrogen-bond donors (Lipinski definition) is 0. The molecule has 0 unspecified atom stereocenters. The number of aromatic nitrogens is 6. The molecule has 4 aromatic heterocycles. The molecule has 0 atom stereocenters. The molecule has 10 aromatic rings. The predicted octanol–water partition coefficient (Wildman–Crippen LogP) is 11.2. The van der Waals surface area contributed by atoms with E-state index >= 15 is 0 Å². The lowest BCUT2D eigenvalue weighted by atomic mass is 9.95. The van der Waals surface area contributed by atoms with Crippen LogP contribution in [0.5, 0.6) is 0 Å². The molecule has 10 rings (SSSR count). The van der Waals surface area contributed by atoms with Gasteiger partial charge in [-0.1, -0.05) is 36.4 Å². The van der Waals surface area contributed by atoms with Gasteiger partial charge in [0.15, 0.2) is 11.6 Å². The van der Waals surface area contributed by atoms with Crippen LogP contribution in [0.15, 0.2) is 152 Å². The van der Waals surface area contributed by atoms with Gasteiger partial charge in [0.25, 0.3) is 0 Å². The van der Waals surface area contributed by atoms with Gasteiger partial charge in [0.2, 0.25) is 0 Å². The van der Waals surface area contributed by atoms with Crippen molar-refractivity contribution < 1.29 is 13.2 Å². The fraction of sp³-hybridized carbons (Fsp3) is 0.0213. The maximum Gasteiger partial charge on any atom is 0.416 e. The van der Waals surface area contributed by atoms with Gasteiger partial charge in [0.05, 0.1) is 62.3 Å². The van der Waals surface area contributed by atoms with Crippen LogP contribution in [0.2, 0.25) is 0 Å². The molecular weight excluding hydrogens is 734 g/mol. The third kappa shape index (κ3) is 5.53. The Kier molecular flexibility index (Phi) is 7.85. The molecule has 0 aliphatic heterocycles. The van der Waals surface area contributed by atoms with E-state index in [2.05, 4.69) is 35.1 Å². The first-order valence-corrected chi connectivity index (χ1v) is 18.1. The number of para-hydroxylation sites is 2. The summed E-state index contributed by atoms with van der Waals surface area (Å²) >= 11 is 0. The first-order chi connectivity index (χ1) is 28.3. The lowest BCUT2D eigenvalue weighted by Gasteiger charge is -2.20. The third-order valence-corrected chi connectivity index (χ3v) is 10.4. The first-order valence-electron chi connectivity index (χ1n) is 18.1. The molecule has 58 heavy (non-hydrogen) atoms. The van der Waals surface area contributed by atoms with Gasteiger partial charge in [-0.3, -0.25) is 0 Å². The molecule has 0 aliphatic carbocycles. The van der Waals surface area contributed by atoms with E-state index in [1.54, 1.807) is 49.1 Å². The lowest BCUT2D eigenvalue weighted by molar-refractivity contribution is -0.137. The summed E-state index contributed by atoms with van der Waals surface area (Å²) in [5, 5.41) is 24.3. The summed E-state index contributed by atoms with van der Waals surface area (Å²) in [7, 11) is 0. The largest absolute Gasteiger partial charge is 0.416 e. The molecule has 11 heteroatoms. The van der Waals surface area contributed by atoms with Gasteiger partial charge in [-0.2, -0.15) is 23.7 Å². The molecule has 0 saturated heterocycles. The van der Waals surface area contributed by atoms with E-state index in [-0.39, 0.29) is 22.3 Å². The highest BCUT2D eigenvalue weighted by Gasteiger charge is 2.32. The highest BCUT2D eigenvalue weighted by molar-refractivity contribution is 6.13. The fourth-order valence-electron chi connectivity index (χ4n) is 7.92. The summed E-state index contributed by atoms with van der Waals surface area (Å²) in [6.45, 7) is 0. The highest BCUT2D eigenvalue weighted by atomic mass is 19.4. The van der Waals surface area contributed by atoms with Crippen LogP contribution >= 0.6 is 0 Å². The standard InChI is InChI=1S/C47H25F3N8/c48-47(49,50)33-20-28(26-51)19-31(21-33)36-25-44(58-40-10-4-2-8-35(40)38-23-30(12-14-42(38)58)46-55-17-6-18-56-46)43(24-32(36)27-52)57-39-9-3-1-7-34(39)37-22-29(11-13-41(37)57)45-53-15-5-16-54-45/h1-25H. The van der Waals surface area contributed by atoms with Crippen molar-refractivity contribution in [1.29, 1.82) is 10.5 Å². The van der Waals surface area contributed by atoms with Crippen molar-refractivity contribution in [2.24, 2.45) is 0 Å². The van der Waals surface area contributed by atoms with E-state index in [4.69, 9.17) is 0 Å². The second-order valence-electron chi connectivity index (χ2n) is 13.7. The van der Waals surface area contributed by atoms with Gasteiger partial charge in [0, 0.05) is 63.0 Å². The number of hydrogen-bond acceptors (Lipinski definition) is 6. The summed E-state index contributed by atoms with van der Waals surface area (Å²) < 4.78 is 47.0. The molecule has 0 saturated carbocycles. The molecule has 0 bridgehead atoms. The predicted molar refractivity (Wildman–Crippen MR) is 217 cm³/mol. The minimum atomic E-state index is -4.73. The van der Waals surface area contributed by atoms with Crippen LogP contribution < -0.4 is 0 Å². The zero-order chi connectivity index (χ0) is 39.5. The molecule has 4 heterocycles. The zero-order valence-electron chi connectivity index (χ0n) is 30.1. The third-order valence-electron chi connectivity index (χ3n) is 10.4. The van der Waals surface area contributed by atoms with E-state index in [1.807, 2.05) is 91.0 Å². The van der Waals surface area contributed by atoms with Gasteiger partial charge in [0.1, 0.15) is 0 Å². The quantitative estimate of drug-likeness (QED) is 0.173. The molecule has 0 spiro atoms. The Bertz CT molecular complexity index is 3360. The Morgan fingerprint density at radius 2 is 0.966 bits per heavy atom. The van der Waals surface area contributed by atoms with Gasteiger partial charge < -0.3 is 9.13 Å². The molecule has 274 valence electrons. The van der Waals surface area contributed by atoms with Gasteiger partial charge in [-0.25, -0.2) is 19.9 Å². The number of rotatable bonds is 5.